The van der Waals surface area contributed by atoms with Gasteiger partial charge in [0.2, 0.25) is 0 Å². The average Bonchev–Trinajstić information content (AvgIpc) is 3.27. The number of aromatic nitrogens is 4. The van der Waals surface area contributed by atoms with E-state index in [1.165, 1.54) is 12.1 Å². The van der Waals surface area contributed by atoms with Crippen molar-refractivity contribution in [3.05, 3.63) is 66.0 Å². The highest BCUT2D eigenvalue weighted by Gasteiger charge is 2.31. The number of halogens is 3. The Morgan fingerprint density at radius 3 is 2.66 bits per heavy atom. The van der Waals surface area contributed by atoms with Crippen LogP contribution in [0, 0.1) is 0 Å². The molecule has 0 bridgehead atoms. The molecular formula is C25H25F3N7O2P. The smallest absolute Gasteiger partial charge is 0.416 e. The van der Waals surface area contributed by atoms with E-state index in [0.717, 1.165) is 49.6 Å². The van der Waals surface area contributed by atoms with E-state index in [2.05, 4.69) is 25.9 Å². The van der Waals surface area contributed by atoms with E-state index in [9.17, 15) is 18.0 Å². The van der Waals surface area contributed by atoms with Crippen LogP contribution in [0.5, 0.6) is 11.5 Å². The van der Waals surface area contributed by atoms with Crippen molar-refractivity contribution < 1.29 is 22.7 Å². The number of piperidine rings is 1. The van der Waals surface area contributed by atoms with Crippen molar-refractivity contribution in [3.8, 4) is 11.5 Å². The molecule has 3 aromatic heterocycles. The van der Waals surface area contributed by atoms with Crippen molar-refractivity contribution in [2.75, 3.05) is 30.4 Å². The van der Waals surface area contributed by atoms with Crippen LogP contribution in [0.3, 0.4) is 0 Å². The Morgan fingerprint density at radius 1 is 1.16 bits per heavy atom. The first-order valence-electron chi connectivity index (χ1n) is 12.0. The average molecular weight is 543 g/mol. The molecule has 9 nitrogen and oxygen atoms in total. The summed E-state index contributed by atoms with van der Waals surface area (Å²) < 4.78 is 46.8. The second kappa shape index (κ2) is 10.9. The zero-order chi connectivity index (χ0) is 26.7. The fourth-order valence-electron chi connectivity index (χ4n) is 4.19. The summed E-state index contributed by atoms with van der Waals surface area (Å²) in [4.78, 5) is 20.9. The summed E-state index contributed by atoms with van der Waals surface area (Å²) in [5, 5.41) is 14.8. The number of amides is 1. The monoisotopic (exact) mass is 543 g/mol. The highest BCUT2D eigenvalue weighted by atomic mass is 31.1. The number of hydrogen-bond acceptors (Lipinski definition) is 7. The zero-order valence-electron chi connectivity index (χ0n) is 20.3. The van der Waals surface area contributed by atoms with Crippen molar-refractivity contribution in [2.45, 2.75) is 25.1 Å². The lowest BCUT2D eigenvalue weighted by Gasteiger charge is -2.23. The van der Waals surface area contributed by atoms with E-state index in [-0.39, 0.29) is 17.4 Å². The standard InChI is InChI=1S/C25H25F3N7O2P/c1-38-35-23-21(22(34-35)32-17-3-2-10-29-14-17)19(9-12-31-23)37-18-6-4-15(5-7-18)24(36)33-20-13-16(8-11-30-20)25(26,27)28/h4-9,11-13,17,29,38H,2-3,10,14H2,1H3,(H,32,34)(H,30,33,36)/t17-/m1/s1. The van der Waals surface area contributed by atoms with Gasteiger partial charge in [-0.2, -0.15) is 13.2 Å². The molecule has 0 spiro atoms. The summed E-state index contributed by atoms with van der Waals surface area (Å²) in [5.41, 5.74) is 0.0542. The molecule has 38 heavy (non-hydrogen) atoms. The van der Waals surface area contributed by atoms with Crippen molar-refractivity contribution in [3.63, 3.8) is 0 Å². The third-order valence-corrected chi connectivity index (χ3v) is 6.79. The maximum Gasteiger partial charge on any atom is 0.416 e. The van der Waals surface area contributed by atoms with Crippen molar-refractivity contribution in [1.82, 2.24) is 24.8 Å². The Labute approximate surface area is 218 Å². The van der Waals surface area contributed by atoms with Crippen molar-refractivity contribution >= 4 is 37.3 Å². The molecule has 1 unspecified atom stereocenters. The van der Waals surface area contributed by atoms with Crippen molar-refractivity contribution in [2.24, 2.45) is 0 Å². The van der Waals surface area contributed by atoms with Gasteiger partial charge in [-0.1, -0.05) is 0 Å². The zero-order valence-corrected chi connectivity index (χ0v) is 21.3. The van der Waals surface area contributed by atoms with Gasteiger partial charge < -0.3 is 20.7 Å². The summed E-state index contributed by atoms with van der Waals surface area (Å²) >= 11 is 0. The number of anilines is 2. The molecule has 1 aliphatic heterocycles. The molecule has 0 aliphatic carbocycles. The number of nitrogens with one attached hydrogen (secondary N) is 3. The number of benzene rings is 1. The Morgan fingerprint density at radius 2 is 1.95 bits per heavy atom. The van der Waals surface area contributed by atoms with Gasteiger partial charge in [0, 0.05) is 45.3 Å². The van der Waals surface area contributed by atoms with E-state index in [0.29, 0.717) is 31.7 Å². The Balaban J connectivity index is 1.34. The Bertz CT molecular complexity index is 1440. The summed E-state index contributed by atoms with van der Waals surface area (Å²) in [6, 6.07) is 9.92. The van der Waals surface area contributed by atoms with Crippen molar-refractivity contribution in [1.29, 1.82) is 0 Å². The second-order valence-corrected chi connectivity index (χ2v) is 9.56. The van der Waals surface area contributed by atoms with Crippen LogP contribution in [0.2, 0.25) is 0 Å². The molecule has 1 aliphatic rings. The third-order valence-electron chi connectivity index (χ3n) is 6.05. The maximum absolute atomic E-state index is 12.9. The van der Waals surface area contributed by atoms with Crippen LogP contribution in [0.15, 0.2) is 54.9 Å². The molecule has 4 heterocycles. The van der Waals surface area contributed by atoms with E-state index < -0.39 is 17.6 Å². The molecule has 2 atom stereocenters. The SMILES string of the molecule is CPn1nc(N[C@@H]2CCCNC2)c2c(Oc3ccc(C(=O)Nc4cc(C(F)(F)F)ccn4)cc3)ccnc21. The van der Waals surface area contributed by atoms with Gasteiger partial charge >= 0.3 is 6.18 Å². The Hall–Kier alpha value is -3.76. The van der Waals surface area contributed by atoms with Crippen LogP contribution in [0.1, 0.15) is 28.8 Å². The summed E-state index contributed by atoms with van der Waals surface area (Å²) in [6.07, 6.45) is 0.241. The van der Waals surface area contributed by atoms with Gasteiger partial charge in [-0.25, -0.2) is 14.4 Å². The lowest BCUT2D eigenvalue weighted by Crippen LogP contribution is -2.38. The van der Waals surface area contributed by atoms with Crippen LogP contribution >= 0.6 is 8.73 Å². The largest absolute Gasteiger partial charge is 0.456 e. The van der Waals surface area contributed by atoms with Gasteiger partial charge in [0.1, 0.15) is 22.7 Å². The minimum Gasteiger partial charge on any atom is -0.456 e. The van der Waals surface area contributed by atoms with Gasteiger partial charge in [-0.05, 0) is 62.4 Å². The highest BCUT2D eigenvalue weighted by Crippen LogP contribution is 2.36. The predicted octanol–water partition coefficient (Wildman–Crippen LogP) is 5.13. The summed E-state index contributed by atoms with van der Waals surface area (Å²) in [7, 11) is 0.380. The molecule has 1 fully saturated rings. The highest BCUT2D eigenvalue weighted by molar-refractivity contribution is 7.35. The van der Waals surface area contributed by atoms with E-state index in [1.807, 2.05) is 11.1 Å². The van der Waals surface area contributed by atoms with Crippen LogP contribution in [-0.4, -0.2) is 51.2 Å². The van der Waals surface area contributed by atoms with Gasteiger partial charge in [0.15, 0.2) is 11.5 Å². The first-order chi connectivity index (χ1) is 18.3. The number of carbonyl (C=O) groups is 1. The van der Waals surface area contributed by atoms with Gasteiger partial charge in [-0.15, -0.1) is 5.10 Å². The lowest BCUT2D eigenvalue weighted by molar-refractivity contribution is -0.137. The number of rotatable bonds is 7. The second-order valence-electron chi connectivity index (χ2n) is 8.69. The molecule has 3 N–H and O–H groups in total. The fourth-order valence-corrected chi connectivity index (χ4v) is 4.77. The molecule has 0 saturated carbocycles. The minimum absolute atomic E-state index is 0.189. The molecule has 5 rings (SSSR count). The van der Waals surface area contributed by atoms with Crippen LogP contribution in [0.4, 0.5) is 24.8 Å². The van der Waals surface area contributed by atoms with Gasteiger partial charge in [0.25, 0.3) is 5.91 Å². The molecule has 13 heteroatoms. The first kappa shape index (κ1) is 25.9. The normalized spacial score (nSPS) is 16.2. The van der Waals surface area contributed by atoms with E-state index in [1.54, 1.807) is 24.4 Å². The number of ether oxygens (including phenoxy) is 1. The number of nitrogens with zero attached hydrogens (tertiary/aromatic N) is 4. The molecule has 0 radical (unpaired) electrons. The van der Waals surface area contributed by atoms with E-state index in [4.69, 9.17) is 9.84 Å². The number of carbonyl (C=O) groups excluding carboxylic acids is 1. The van der Waals surface area contributed by atoms with Crippen LogP contribution < -0.4 is 20.7 Å². The summed E-state index contributed by atoms with van der Waals surface area (Å²) in [6.45, 7) is 3.87. The predicted molar refractivity (Wildman–Crippen MR) is 140 cm³/mol. The molecule has 198 valence electrons. The van der Waals surface area contributed by atoms with Gasteiger partial charge in [0.05, 0.1) is 5.56 Å². The first-order valence-corrected chi connectivity index (χ1v) is 13.4. The molecule has 1 saturated heterocycles. The number of alkyl halides is 3. The topological polar surface area (TPSA) is 106 Å². The summed E-state index contributed by atoms with van der Waals surface area (Å²) in [5.74, 6) is 0.966. The number of pyridine rings is 2. The lowest BCUT2D eigenvalue weighted by atomic mass is 10.1. The maximum atomic E-state index is 12.9. The number of fused-ring (bicyclic) bond motifs is 1. The minimum atomic E-state index is -4.53. The fraction of sp³-hybridized carbons (Fsp3) is 0.280. The molecular weight excluding hydrogens is 518 g/mol. The van der Waals surface area contributed by atoms with E-state index >= 15 is 0 Å². The van der Waals surface area contributed by atoms with Crippen LogP contribution in [0.25, 0.3) is 11.0 Å². The molecule has 4 aromatic rings. The Kier molecular flexibility index (Phi) is 7.44. The quantitative estimate of drug-likeness (QED) is 0.278. The number of hydrogen-bond donors (Lipinski definition) is 3. The van der Waals surface area contributed by atoms with Gasteiger partial charge in [-0.3, -0.25) is 4.79 Å². The molecule has 1 aromatic carbocycles. The third kappa shape index (κ3) is 5.71. The van der Waals surface area contributed by atoms with Crippen LogP contribution in [-0.2, 0) is 6.18 Å². The molecule has 1 amide bonds.